The molecule has 0 atom stereocenters. The largest absolute Gasteiger partial charge is 0.481 e. The Morgan fingerprint density at radius 3 is 2.46 bits per heavy atom. The highest BCUT2D eigenvalue weighted by Gasteiger charge is 2.10. The van der Waals surface area contributed by atoms with Crippen LogP contribution in [0.15, 0.2) is 12.1 Å². The number of hydrogen-bond acceptors (Lipinski definition) is 1. The summed E-state index contributed by atoms with van der Waals surface area (Å²) in [5.74, 6) is -3.04. The molecule has 0 radical (unpaired) electrons. The topological polar surface area (TPSA) is 37.3 Å². The minimum atomic E-state index is -1.07. The summed E-state index contributed by atoms with van der Waals surface area (Å²) in [7, 11) is 0. The Labute approximate surface area is 86.7 Å². The smallest absolute Gasteiger partial charge is 0.307 e. The molecule has 2 nitrogen and oxygen atoms in total. The molecule has 1 aromatic carbocycles. The van der Waals surface area contributed by atoms with Crippen LogP contribution in [0.25, 0.3) is 0 Å². The van der Waals surface area contributed by atoms with Crippen LogP contribution in [-0.2, 0) is 11.2 Å². The van der Waals surface area contributed by atoms with E-state index in [1.54, 1.807) is 22.6 Å². The van der Waals surface area contributed by atoms with Crippen molar-refractivity contribution in [2.45, 2.75) is 6.42 Å². The van der Waals surface area contributed by atoms with Crippen molar-refractivity contribution >= 4 is 28.6 Å². The Balaban J connectivity index is 3.08. The molecular formula is C8H5F2IO2. The van der Waals surface area contributed by atoms with Gasteiger partial charge in [0.15, 0.2) is 11.6 Å². The molecule has 0 aliphatic rings. The van der Waals surface area contributed by atoms with Gasteiger partial charge in [-0.2, -0.15) is 0 Å². The number of benzene rings is 1. The van der Waals surface area contributed by atoms with E-state index in [1.165, 1.54) is 0 Å². The summed E-state index contributed by atoms with van der Waals surface area (Å²) < 4.78 is 25.6. The minimum absolute atomic E-state index is 0.284. The zero-order valence-corrected chi connectivity index (χ0v) is 8.51. The van der Waals surface area contributed by atoms with Crippen LogP contribution < -0.4 is 0 Å². The quantitative estimate of drug-likeness (QED) is 0.671. The average molecular weight is 298 g/mol. The minimum Gasteiger partial charge on any atom is -0.481 e. The number of carboxylic acids is 1. The molecular weight excluding hydrogens is 293 g/mol. The van der Waals surface area contributed by atoms with Crippen LogP contribution in [0.1, 0.15) is 5.56 Å². The van der Waals surface area contributed by atoms with Crippen molar-refractivity contribution in [3.63, 3.8) is 0 Å². The Hall–Kier alpha value is -0.720. The van der Waals surface area contributed by atoms with Crippen molar-refractivity contribution < 1.29 is 18.7 Å². The van der Waals surface area contributed by atoms with E-state index in [4.69, 9.17) is 5.11 Å². The first-order chi connectivity index (χ1) is 6.00. The predicted octanol–water partition coefficient (Wildman–Crippen LogP) is 2.20. The summed E-state index contributed by atoms with van der Waals surface area (Å²) in [4.78, 5) is 10.3. The SMILES string of the molecule is O=C(O)Cc1cc(F)c(F)cc1I. The number of carbonyl (C=O) groups is 1. The average Bonchev–Trinajstić information content (AvgIpc) is 1.99. The van der Waals surface area contributed by atoms with Gasteiger partial charge in [0, 0.05) is 3.57 Å². The fourth-order valence-electron chi connectivity index (χ4n) is 0.862. The molecule has 0 spiro atoms. The Kier molecular flexibility index (Phi) is 3.18. The summed E-state index contributed by atoms with van der Waals surface area (Å²) in [6, 6.07) is 1.89. The molecule has 1 N–H and O–H groups in total. The molecule has 70 valence electrons. The summed E-state index contributed by atoms with van der Waals surface area (Å²) in [6.07, 6.45) is -0.296. The van der Waals surface area contributed by atoms with Gasteiger partial charge in [-0.25, -0.2) is 8.78 Å². The number of aliphatic carboxylic acids is 1. The second-order valence-corrected chi connectivity index (χ2v) is 3.59. The lowest BCUT2D eigenvalue weighted by molar-refractivity contribution is -0.136. The summed E-state index contributed by atoms with van der Waals surface area (Å²) in [5.41, 5.74) is 0.284. The van der Waals surface area contributed by atoms with Gasteiger partial charge in [0.05, 0.1) is 6.42 Å². The maximum absolute atomic E-state index is 12.6. The van der Waals surface area contributed by atoms with E-state index < -0.39 is 17.6 Å². The molecule has 13 heavy (non-hydrogen) atoms. The normalized spacial score (nSPS) is 10.1. The van der Waals surface area contributed by atoms with Crippen molar-refractivity contribution in [3.8, 4) is 0 Å². The molecule has 0 aliphatic carbocycles. The van der Waals surface area contributed by atoms with Gasteiger partial charge in [-0.3, -0.25) is 4.79 Å². The van der Waals surface area contributed by atoms with Gasteiger partial charge in [0.2, 0.25) is 0 Å². The van der Waals surface area contributed by atoms with Gasteiger partial charge in [0.25, 0.3) is 0 Å². The predicted molar refractivity (Wildman–Crippen MR) is 50.4 cm³/mol. The van der Waals surface area contributed by atoms with Crippen LogP contribution in [0, 0.1) is 15.2 Å². The molecule has 0 aliphatic heterocycles. The lowest BCUT2D eigenvalue weighted by Gasteiger charge is -2.01. The van der Waals surface area contributed by atoms with Crippen molar-refractivity contribution in [1.82, 2.24) is 0 Å². The van der Waals surface area contributed by atoms with Gasteiger partial charge in [-0.15, -0.1) is 0 Å². The molecule has 0 saturated heterocycles. The molecule has 0 heterocycles. The van der Waals surface area contributed by atoms with E-state index in [0.717, 1.165) is 12.1 Å². The van der Waals surface area contributed by atoms with Gasteiger partial charge in [-0.05, 0) is 40.3 Å². The number of rotatable bonds is 2. The number of halogens is 3. The molecule has 1 rings (SSSR count). The third kappa shape index (κ3) is 2.61. The third-order valence-electron chi connectivity index (χ3n) is 1.43. The highest BCUT2D eigenvalue weighted by molar-refractivity contribution is 14.1. The van der Waals surface area contributed by atoms with E-state index in [9.17, 15) is 13.6 Å². The summed E-state index contributed by atoms with van der Waals surface area (Å²) in [6.45, 7) is 0. The van der Waals surface area contributed by atoms with Gasteiger partial charge in [-0.1, -0.05) is 0 Å². The standard InChI is InChI=1S/C8H5F2IO2/c9-5-1-4(2-8(12)13)7(11)3-6(5)10/h1,3H,2H2,(H,12,13). The van der Waals surface area contributed by atoms with Crippen LogP contribution in [0.4, 0.5) is 8.78 Å². The van der Waals surface area contributed by atoms with Gasteiger partial charge < -0.3 is 5.11 Å². The van der Waals surface area contributed by atoms with Crippen molar-refractivity contribution in [2.24, 2.45) is 0 Å². The first kappa shape index (κ1) is 10.4. The van der Waals surface area contributed by atoms with E-state index in [1.807, 2.05) is 0 Å². The monoisotopic (exact) mass is 298 g/mol. The van der Waals surface area contributed by atoms with Crippen molar-refractivity contribution in [2.75, 3.05) is 0 Å². The highest BCUT2D eigenvalue weighted by atomic mass is 127. The number of carboxylic acid groups (broad SMARTS) is 1. The van der Waals surface area contributed by atoms with Gasteiger partial charge >= 0.3 is 5.97 Å². The molecule has 0 fully saturated rings. The molecule has 0 saturated carbocycles. The summed E-state index contributed by atoms with van der Waals surface area (Å²) >= 11 is 1.77. The summed E-state index contributed by atoms with van der Waals surface area (Å²) in [5, 5.41) is 8.43. The van der Waals surface area contributed by atoms with E-state index in [-0.39, 0.29) is 12.0 Å². The maximum atomic E-state index is 12.6. The van der Waals surface area contributed by atoms with Crippen LogP contribution in [0.2, 0.25) is 0 Å². The maximum Gasteiger partial charge on any atom is 0.307 e. The number of hydrogen-bond donors (Lipinski definition) is 1. The van der Waals surface area contributed by atoms with Crippen LogP contribution in [-0.4, -0.2) is 11.1 Å². The second-order valence-electron chi connectivity index (χ2n) is 2.43. The second kappa shape index (κ2) is 3.99. The Morgan fingerprint density at radius 2 is 1.92 bits per heavy atom. The van der Waals surface area contributed by atoms with Crippen molar-refractivity contribution in [1.29, 1.82) is 0 Å². The van der Waals surface area contributed by atoms with Gasteiger partial charge in [0.1, 0.15) is 0 Å². The molecule has 1 aromatic rings. The lowest BCUT2D eigenvalue weighted by Crippen LogP contribution is -2.03. The Bertz CT molecular complexity index is 352. The van der Waals surface area contributed by atoms with Crippen LogP contribution in [0.3, 0.4) is 0 Å². The van der Waals surface area contributed by atoms with Crippen LogP contribution in [0.5, 0.6) is 0 Å². The fraction of sp³-hybridized carbons (Fsp3) is 0.125. The highest BCUT2D eigenvalue weighted by Crippen LogP contribution is 2.17. The first-order valence-electron chi connectivity index (χ1n) is 3.36. The zero-order valence-electron chi connectivity index (χ0n) is 6.35. The zero-order chi connectivity index (χ0) is 10.0. The molecule has 0 bridgehead atoms. The van der Waals surface area contributed by atoms with E-state index in [0.29, 0.717) is 3.57 Å². The molecule has 5 heteroatoms. The third-order valence-corrected chi connectivity index (χ3v) is 2.44. The van der Waals surface area contributed by atoms with E-state index in [2.05, 4.69) is 0 Å². The van der Waals surface area contributed by atoms with E-state index >= 15 is 0 Å². The Morgan fingerprint density at radius 1 is 1.38 bits per heavy atom. The fourth-order valence-corrected chi connectivity index (χ4v) is 1.48. The van der Waals surface area contributed by atoms with Crippen LogP contribution >= 0.6 is 22.6 Å². The molecule has 0 unspecified atom stereocenters. The molecule has 0 aromatic heterocycles. The molecule has 0 amide bonds. The lowest BCUT2D eigenvalue weighted by atomic mass is 10.1. The first-order valence-corrected chi connectivity index (χ1v) is 4.44. The van der Waals surface area contributed by atoms with Crippen molar-refractivity contribution in [3.05, 3.63) is 32.9 Å².